The van der Waals surface area contributed by atoms with Crippen molar-refractivity contribution in [3.63, 3.8) is 0 Å². The van der Waals surface area contributed by atoms with E-state index in [1.54, 1.807) is 0 Å². The number of anilines is 1. The molecule has 0 spiro atoms. The molecule has 3 nitrogen and oxygen atoms in total. The Morgan fingerprint density at radius 3 is 2.35 bits per heavy atom. The van der Waals surface area contributed by atoms with Gasteiger partial charge in [0.2, 0.25) is 0 Å². The van der Waals surface area contributed by atoms with Gasteiger partial charge in [-0.3, -0.25) is 4.79 Å². The van der Waals surface area contributed by atoms with Crippen molar-refractivity contribution < 1.29 is 4.79 Å². The molecule has 1 heterocycles. The Balaban J connectivity index is 1.79. The van der Waals surface area contributed by atoms with Crippen molar-refractivity contribution in [2.24, 2.45) is 5.10 Å². The van der Waals surface area contributed by atoms with Crippen molar-refractivity contribution in [3.05, 3.63) is 83.4 Å². The van der Waals surface area contributed by atoms with Gasteiger partial charge in [-0.25, -0.2) is 0 Å². The molecular weight excluding hydrogens is 284 g/mol. The zero-order chi connectivity index (χ0) is 16.2. The van der Waals surface area contributed by atoms with Crippen molar-refractivity contribution in [2.75, 3.05) is 5.01 Å². The molecule has 0 atom stereocenters. The van der Waals surface area contributed by atoms with Gasteiger partial charge in [0.1, 0.15) is 0 Å². The Bertz CT molecular complexity index is 799. The number of para-hydroxylation sites is 1. The van der Waals surface area contributed by atoms with Gasteiger partial charge < -0.3 is 0 Å². The van der Waals surface area contributed by atoms with Crippen molar-refractivity contribution >= 4 is 23.4 Å². The van der Waals surface area contributed by atoms with Crippen LogP contribution in [0.1, 0.15) is 18.1 Å². The summed E-state index contributed by atoms with van der Waals surface area (Å²) in [4.78, 5) is 12.5. The van der Waals surface area contributed by atoms with E-state index < -0.39 is 0 Å². The number of amides is 1. The van der Waals surface area contributed by atoms with Crippen LogP contribution in [-0.4, -0.2) is 11.6 Å². The number of hydrazone groups is 1. The zero-order valence-electron chi connectivity index (χ0n) is 13.2. The van der Waals surface area contributed by atoms with Crippen LogP contribution in [0.4, 0.5) is 5.69 Å². The summed E-state index contributed by atoms with van der Waals surface area (Å²) in [5.74, 6) is -0.0951. The number of allylic oxidation sites excluding steroid dienone is 2. The van der Waals surface area contributed by atoms with E-state index >= 15 is 0 Å². The highest BCUT2D eigenvalue weighted by Crippen LogP contribution is 2.23. The Hall–Kier alpha value is -2.94. The Morgan fingerprint density at radius 2 is 1.65 bits per heavy atom. The molecule has 1 aliphatic rings. The van der Waals surface area contributed by atoms with Crippen LogP contribution in [0.25, 0.3) is 6.08 Å². The summed E-state index contributed by atoms with van der Waals surface area (Å²) in [5, 5.41) is 5.80. The second kappa shape index (κ2) is 6.44. The Morgan fingerprint density at radius 1 is 0.957 bits per heavy atom. The van der Waals surface area contributed by atoms with Crippen molar-refractivity contribution in [3.8, 4) is 0 Å². The second-order valence-electron chi connectivity index (χ2n) is 5.49. The first-order valence-electron chi connectivity index (χ1n) is 7.55. The molecule has 0 aromatic heterocycles. The van der Waals surface area contributed by atoms with E-state index in [0.717, 1.165) is 17.0 Å². The van der Waals surface area contributed by atoms with Gasteiger partial charge in [0, 0.05) is 0 Å². The van der Waals surface area contributed by atoms with Gasteiger partial charge in [-0.2, -0.15) is 10.1 Å². The number of carbonyl (C=O) groups is 1. The zero-order valence-corrected chi connectivity index (χ0v) is 13.2. The lowest BCUT2D eigenvalue weighted by Crippen LogP contribution is -2.21. The lowest BCUT2D eigenvalue weighted by molar-refractivity contribution is -0.114. The number of benzene rings is 2. The van der Waals surface area contributed by atoms with Gasteiger partial charge in [0.15, 0.2) is 0 Å². The fourth-order valence-corrected chi connectivity index (χ4v) is 2.39. The first kappa shape index (κ1) is 15.0. The third-order valence-electron chi connectivity index (χ3n) is 3.69. The number of carbonyl (C=O) groups excluding carboxylic acids is 1. The van der Waals surface area contributed by atoms with E-state index in [9.17, 15) is 4.79 Å². The molecule has 23 heavy (non-hydrogen) atoms. The van der Waals surface area contributed by atoms with Gasteiger partial charge in [0.25, 0.3) is 5.91 Å². The number of hydrogen-bond acceptors (Lipinski definition) is 2. The van der Waals surface area contributed by atoms with E-state index in [2.05, 4.69) is 36.3 Å². The molecule has 1 aliphatic heterocycles. The number of nitrogens with zero attached hydrogens (tertiary/aromatic N) is 2. The smallest absolute Gasteiger partial charge is 0.267 e. The molecule has 3 rings (SSSR count). The van der Waals surface area contributed by atoms with Crippen LogP contribution in [0.3, 0.4) is 0 Å². The standard InChI is InChI=1S/C20H18N2O/c1-15-11-13-17(14-12-15)7-6-10-19-16(2)21-22(20(19)23)18-8-4-3-5-9-18/h3-14H,1-2H3/b7-6+,19-10-. The minimum atomic E-state index is -0.0951. The highest BCUT2D eigenvalue weighted by molar-refractivity contribution is 6.29. The fraction of sp³-hybridized carbons (Fsp3) is 0.100. The van der Waals surface area contributed by atoms with E-state index in [1.807, 2.05) is 55.5 Å². The average molecular weight is 302 g/mol. The first-order chi connectivity index (χ1) is 11.1. The summed E-state index contributed by atoms with van der Waals surface area (Å²) in [6.07, 6.45) is 5.70. The molecule has 0 fully saturated rings. The topological polar surface area (TPSA) is 32.7 Å². The number of hydrogen-bond donors (Lipinski definition) is 0. The quantitative estimate of drug-likeness (QED) is 0.775. The largest absolute Gasteiger partial charge is 0.280 e. The molecule has 2 aromatic rings. The summed E-state index contributed by atoms with van der Waals surface area (Å²) in [5.41, 5.74) is 4.47. The number of aryl methyl sites for hydroxylation is 1. The van der Waals surface area contributed by atoms with Crippen LogP contribution in [0.15, 0.2) is 77.4 Å². The van der Waals surface area contributed by atoms with E-state index in [-0.39, 0.29) is 5.91 Å². The summed E-state index contributed by atoms with van der Waals surface area (Å²) in [6.45, 7) is 3.91. The van der Waals surface area contributed by atoms with Crippen LogP contribution in [-0.2, 0) is 4.79 Å². The third-order valence-corrected chi connectivity index (χ3v) is 3.69. The summed E-state index contributed by atoms with van der Waals surface area (Å²) in [6, 6.07) is 17.7. The third kappa shape index (κ3) is 3.29. The van der Waals surface area contributed by atoms with E-state index in [4.69, 9.17) is 0 Å². The maximum Gasteiger partial charge on any atom is 0.280 e. The van der Waals surface area contributed by atoms with Crippen molar-refractivity contribution in [2.45, 2.75) is 13.8 Å². The molecule has 114 valence electrons. The highest BCUT2D eigenvalue weighted by Gasteiger charge is 2.27. The molecule has 0 aliphatic carbocycles. The monoisotopic (exact) mass is 302 g/mol. The molecular formula is C20H18N2O. The van der Waals surface area contributed by atoms with E-state index in [0.29, 0.717) is 5.57 Å². The maximum atomic E-state index is 12.5. The average Bonchev–Trinajstić information content (AvgIpc) is 2.85. The lowest BCUT2D eigenvalue weighted by atomic mass is 10.1. The first-order valence-corrected chi connectivity index (χ1v) is 7.55. The minimum Gasteiger partial charge on any atom is -0.267 e. The molecule has 0 saturated heterocycles. The molecule has 0 bridgehead atoms. The summed E-state index contributed by atoms with van der Waals surface area (Å²) >= 11 is 0. The van der Waals surface area contributed by atoms with Crippen LogP contribution in [0.5, 0.6) is 0 Å². The SMILES string of the molecule is CC1=NN(c2ccccc2)C(=O)/C1=C\C=C\c1ccc(C)cc1. The molecule has 2 aromatic carbocycles. The Labute approximate surface area is 136 Å². The minimum absolute atomic E-state index is 0.0951. The highest BCUT2D eigenvalue weighted by atomic mass is 16.2. The summed E-state index contributed by atoms with van der Waals surface area (Å²) in [7, 11) is 0. The normalized spacial score (nSPS) is 16.4. The molecule has 0 radical (unpaired) electrons. The van der Waals surface area contributed by atoms with Gasteiger partial charge >= 0.3 is 0 Å². The molecule has 1 amide bonds. The second-order valence-corrected chi connectivity index (χ2v) is 5.49. The van der Waals surface area contributed by atoms with Crippen LogP contribution < -0.4 is 5.01 Å². The number of rotatable bonds is 3. The van der Waals surface area contributed by atoms with Crippen LogP contribution in [0, 0.1) is 6.92 Å². The van der Waals surface area contributed by atoms with Gasteiger partial charge in [-0.15, -0.1) is 0 Å². The van der Waals surface area contributed by atoms with Crippen LogP contribution in [0.2, 0.25) is 0 Å². The predicted molar refractivity (Wildman–Crippen MR) is 95.3 cm³/mol. The van der Waals surface area contributed by atoms with Gasteiger partial charge in [-0.05, 0) is 37.6 Å². The predicted octanol–water partition coefficient (Wildman–Crippen LogP) is 4.36. The summed E-state index contributed by atoms with van der Waals surface area (Å²) < 4.78 is 0. The molecule has 0 N–H and O–H groups in total. The van der Waals surface area contributed by atoms with Crippen molar-refractivity contribution in [1.82, 2.24) is 0 Å². The van der Waals surface area contributed by atoms with Crippen molar-refractivity contribution in [1.29, 1.82) is 0 Å². The van der Waals surface area contributed by atoms with E-state index in [1.165, 1.54) is 10.6 Å². The van der Waals surface area contributed by atoms with Crippen LogP contribution >= 0.6 is 0 Å². The Kier molecular flexibility index (Phi) is 4.20. The lowest BCUT2D eigenvalue weighted by Gasteiger charge is -2.10. The molecule has 0 saturated carbocycles. The molecule has 0 unspecified atom stereocenters. The van der Waals surface area contributed by atoms with Gasteiger partial charge in [-0.1, -0.05) is 60.2 Å². The fourth-order valence-electron chi connectivity index (χ4n) is 2.39. The maximum absolute atomic E-state index is 12.5. The molecule has 3 heteroatoms. The van der Waals surface area contributed by atoms with Gasteiger partial charge in [0.05, 0.1) is 17.0 Å².